The van der Waals surface area contributed by atoms with Gasteiger partial charge in [0.1, 0.15) is 5.82 Å². The zero-order chi connectivity index (χ0) is 9.84. The molecule has 0 spiro atoms. The zero-order valence-electron chi connectivity index (χ0n) is 8.39. The number of rotatable bonds is 3. The van der Waals surface area contributed by atoms with Crippen LogP contribution in [-0.2, 0) is 6.61 Å². The molecule has 0 saturated heterocycles. The molecule has 0 atom stereocenters. The van der Waals surface area contributed by atoms with E-state index in [1.54, 1.807) is 0 Å². The van der Waals surface area contributed by atoms with Gasteiger partial charge in [0.2, 0.25) is 0 Å². The van der Waals surface area contributed by atoms with E-state index in [0.29, 0.717) is 0 Å². The summed E-state index contributed by atoms with van der Waals surface area (Å²) in [6.07, 6.45) is 0. The highest BCUT2D eigenvalue weighted by molar-refractivity contribution is 5.48. The molecular weight excluding hydrogens is 164 g/mol. The van der Waals surface area contributed by atoms with Crippen LogP contribution < -0.4 is 5.32 Å². The molecule has 0 bridgehead atoms. The topological polar surface area (TPSA) is 45.2 Å². The van der Waals surface area contributed by atoms with E-state index in [0.717, 1.165) is 29.2 Å². The molecule has 0 radical (unpaired) electrons. The first-order valence-electron chi connectivity index (χ1n) is 4.51. The van der Waals surface area contributed by atoms with Crippen molar-refractivity contribution in [3.05, 3.63) is 22.9 Å². The number of hydrogen-bond donors (Lipinski definition) is 2. The molecule has 0 aliphatic heterocycles. The molecule has 0 amide bonds. The zero-order valence-corrected chi connectivity index (χ0v) is 8.39. The highest BCUT2D eigenvalue weighted by Crippen LogP contribution is 2.18. The van der Waals surface area contributed by atoms with Crippen molar-refractivity contribution in [1.29, 1.82) is 0 Å². The first-order chi connectivity index (χ1) is 6.19. The van der Waals surface area contributed by atoms with Crippen molar-refractivity contribution in [2.75, 3.05) is 11.9 Å². The number of aromatic nitrogens is 1. The van der Waals surface area contributed by atoms with Crippen LogP contribution in [0.25, 0.3) is 0 Å². The number of nitrogens with one attached hydrogen (secondary N) is 1. The third-order valence-electron chi connectivity index (χ3n) is 1.98. The van der Waals surface area contributed by atoms with Crippen molar-refractivity contribution in [2.45, 2.75) is 27.4 Å². The van der Waals surface area contributed by atoms with Gasteiger partial charge in [-0.25, -0.2) is 4.98 Å². The number of aliphatic hydroxyl groups excluding tert-OH is 1. The Bertz CT molecular complexity index is 297. The molecule has 3 nitrogen and oxygen atoms in total. The Morgan fingerprint density at radius 1 is 1.46 bits per heavy atom. The quantitative estimate of drug-likeness (QED) is 0.743. The molecule has 1 aromatic rings. The van der Waals surface area contributed by atoms with Crippen molar-refractivity contribution in [1.82, 2.24) is 4.98 Å². The lowest BCUT2D eigenvalue weighted by atomic mass is 10.1. The Hall–Kier alpha value is -1.09. The summed E-state index contributed by atoms with van der Waals surface area (Å²) in [6, 6.07) is 1.98. The Morgan fingerprint density at radius 3 is 2.69 bits per heavy atom. The lowest BCUT2D eigenvalue weighted by Gasteiger charge is -2.11. The molecule has 0 aromatic carbocycles. The second-order valence-corrected chi connectivity index (χ2v) is 3.10. The minimum Gasteiger partial charge on any atom is -0.392 e. The van der Waals surface area contributed by atoms with Gasteiger partial charge in [-0.05, 0) is 32.4 Å². The van der Waals surface area contributed by atoms with Gasteiger partial charge in [-0.3, -0.25) is 0 Å². The summed E-state index contributed by atoms with van der Waals surface area (Å²) in [5.74, 6) is 0.808. The van der Waals surface area contributed by atoms with Crippen LogP contribution in [0, 0.1) is 13.8 Å². The van der Waals surface area contributed by atoms with Crippen LogP contribution in [0.1, 0.15) is 23.7 Å². The highest BCUT2D eigenvalue weighted by Gasteiger charge is 2.06. The maximum absolute atomic E-state index is 9.14. The first-order valence-corrected chi connectivity index (χ1v) is 4.51. The van der Waals surface area contributed by atoms with Crippen molar-refractivity contribution in [3.8, 4) is 0 Å². The van der Waals surface area contributed by atoms with Gasteiger partial charge in [0.25, 0.3) is 0 Å². The molecule has 0 unspecified atom stereocenters. The lowest BCUT2D eigenvalue weighted by molar-refractivity contribution is 0.281. The molecule has 72 valence electrons. The fourth-order valence-electron chi connectivity index (χ4n) is 1.38. The van der Waals surface area contributed by atoms with E-state index in [-0.39, 0.29) is 6.61 Å². The fraction of sp³-hybridized carbons (Fsp3) is 0.500. The van der Waals surface area contributed by atoms with Gasteiger partial charge in [0.15, 0.2) is 0 Å². The summed E-state index contributed by atoms with van der Waals surface area (Å²) in [7, 11) is 0. The van der Waals surface area contributed by atoms with Crippen LogP contribution >= 0.6 is 0 Å². The summed E-state index contributed by atoms with van der Waals surface area (Å²) >= 11 is 0. The van der Waals surface area contributed by atoms with Crippen LogP contribution in [0.2, 0.25) is 0 Å². The molecule has 0 saturated carbocycles. The summed E-state index contributed by atoms with van der Waals surface area (Å²) in [5, 5.41) is 12.3. The largest absolute Gasteiger partial charge is 0.392 e. The van der Waals surface area contributed by atoms with Crippen LogP contribution in [0.4, 0.5) is 5.82 Å². The number of aliphatic hydroxyl groups is 1. The van der Waals surface area contributed by atoms with E-state index >= 15 is 0 Å². The number of aryl methyl sites for hydroxylation is 2. The smallest absolute Gasteiger partial charge is 0.132 e. The SMILES string of the molecule is CCNc1nc(C)cc(C)c1CO. The number of hydrogen-bond acceptors (Lipinski definition) is 3. The van der Waals surface area contributed by atoms with Crippen LogP contribution in [0.15, 0.2) is 6.07 Å². The monoisotopic (exact) mass is 180 g/mol. The Balaban J connectivity index is 3.13. The first kappa shape index (κ1) is 9.99. The van der Waals surface area contributed by atoms with Crippen molar-refractivity contribution < 1.29 is 5.11 Å². The average molecular weight is 180 g/mol. The van der Waals surface area contributed by atoms with E-state index in [4.69, 9.17) is 5.11 Å². The second kappa shape index (κ2) is 4.23. The third kappa shape index (κ3) is 2.18. The molecule has 0 fully saturated rings. The van der Waals surface area contributed by atoms with E-state index in [2.05, 4.69) is 10.3 Å². The highest BCUT2D eigenvalue weighted by atomic mass is 16.3. The van der Waals surface area contributed by atoms with Crippen LogP contribution in [0.5, 0.6) is 0 Å². The van der Waals surface area contributed by atoms with E-state index in [1.807, 2.05) is 26.8 Å². The van der Waals surface area contributed by atoms with Crippen molar-refractivity contribution in [3.63, 3.8) is 0 Å². The summed E-state index contributed by atoms with van der Waals surface area (Å²) in [5.41, 5.74) is 2.96. The molecule has 1 heterocycles. The molecule has 2 N–H and O–H groups in total. The number of pyridine rings is 1. The molecular formula is C10H16N2O. The van der Waals surface area contributed by atoms with Crippen LogP contribution in [0.3, 0.4) is 0 Å². The van der Waals surface area contributed by atoms with Gasteiger partial charge in [-0.1, -0.05) is 0 Å². The average Bonchev–Trinajstić information content (AvgIpc) is 2.04. The molecule has 0 aliphatic carbocycles. The maximum atomic E-state index is 9.14. The minimum atomic E-state index is 0.0431. The molecule has 0 aliphatic rings. The predicted octanol–water partition coefficient (Wildman–Crippen LogP) is 1.62. The molecule has 1 rings (SSSR count). The van der Waals surface area contributed by atoms with E-state index in [9.17, 15) is 0 Å². The van der Waals surface area contributed by atoms with Crippen molar-refractivity contribution >= 4 is 5.82 Å². The molecule has 1 aromatic heterocycles. The fourth-order valence-corrected chi connectivity index (χ4v) is 1.38. The Labute approximate surface area is 78.8 Å². The van der Waals surface area contributed by atoms with Gasteiger partial charge in [-0.15, -0.1) is 0 Å². The summed E-state index contributed by atoms with van der Waals surface area (Å²) < 4.78 is 0. The number of nitrogens with zero attached hydrogens (tertiary/aromatic N) is 1. The van der Waals surface area contributed by atoms with Gasteiger partial charge < -0.3 is 10.4 Å². The predicted molar refractivity (Wildman–Crippen MR) is 53.8 cm³/mol. The van der Waals surface area contributed by atoms with Crippen LogP contribution in [-0.4, -0.2) is 16.6 Å². The van der Waals surface area contributed by atoms with E-state index in [1.165, 1.54) is 0 Å². The van der Waals surface area contributed by atoms with Gasteiger partial charge >= 0.3 is 0 Å². The minimum absolute atomic E-state index is 0.0431. The summed E-state index contributed by atoms with van der Waals surface area (Å²) in [6.45, 7) is 6.82. The van der Waals surface area contributed by atoms with E-state index < -0.39 is 0 Å². The second-order valence-electron chi connectivity index (χ2n) is 3.10. The lowest BCUT2D eigenvalue weighted by Crippen LogP contribution is -2.06. The summed E-state index contributed by atoms with van der Waals surface area (Å²) in [4.78, 5) is 4.32. The van der Waals surface area contributed by atoms with Gasteiger partial charge in [-0.2, -0.15) is 0 Å². The Morgan fingerprint density at radius 2 is 2.15 bits per heavy atom. The standard InChI is InChI=1S/C10H16N2O/c1-4-11-10-9(6-13)7(2)5-8(3)12-10/h5,13H,4,6H2,1-3H3,(H,11,12). The third-order valence-corrected chi connectivity index (χ3v) is 1.98. The van der Waals surface area contributed by atoms with Crippen molar-refractivity contribution in [2.24, 2.45) is 0 Å². The maximum Gasteiger partial charge on any atom is 0.132 e. The van der Waals surface area contributed by atoms with Gasteiger partial charge in [0, 0.05) is 17.8 Å². The normalized spacial score (nSPS) is 10.2. The molecule has 3 heteroatoms. The van der Waals surface area contributed by atoms with Gasteiger partial charge in [0.05, 0.1) is 6.61 Å². The molecule has 13 heavy (non-hydrogen) atoms. The Kier molecular flexibility index (Phi) is 3.25. The number of anilines is 1.